The van der Waals surface area contributed by atoms with Crippen molar-refractivity contribution in [2.24, 2.45) is 0 Å². The Morgan fingerprint density at radius 2 is 1.75 bits per heavy atom. The van der Waals surface area contributed by atoms with Crippen LogP contribution in [0, 0.1) is 0 Å². The molecule has 3 N–H and O–H groups in total. The quantitative estimate of drug-likeness (QED) is 0.814. The average molecular weight is 350 g/mol. The third-order valence-electron chi connectivity index (χ3n) is 2.77. The van der Waals surface area contributed by atoms with E-state index in [0.717, 1.165) is 18.2 Å². The maximum atomic E-state index is 12.9. The van der Waals surface area contributed by atoms with Crippen molar-refractivity contribution < 1.29 is 31.1 Å². The van der Waals surface area contributed by atoms with Gasteiger partial charge in [0, 0.05) is 11.9 Å². The van der Waals surface area contributed by atoms with Gasteiger partial charge in [0.2, 0.25) is 5.95 Å². The minimum absolute atomic E-state index is 0.334. The van der Waals surface area contributed by atoms with Crippen molar-refractivity contribution in [3.8, 4) is 0 Å². The van der Waals surface area contributed by atoms with Gasteiger partial charge in [-0.25, -0.2) is 9.97 Å². The van der Waals surface area contributed by atoms with Gasteiger partial charge >= 0.3 is 12.4 Å². The summed E-state index contributed by atoms with van der Waals surface area (Å²) in [6.07, 6.45) is -9.10. The summed E-state index contributed by atoms with van der Waals surface area (Å²) >= 11 is 0. The molecule has 128 valence electrons. The SMILES string of the molecule is Nc1ncc(C(=O)Nc2cccc(C(F)(F)F)c2)c(C(F)(F)F)n1. The Morgan fingerprint density at radius 3 is 2.33 bits per heavy atom. The maximum absolute atomic E-state index is 12.9. The van der Waals surface area contributed by atoms with Crippen LogP contribution in [0.2, 0.25) is 0 Å². The average Bonchev–Trinajstić information content (AvgIpc) is 2.45. The molecule has 2 aromatic rings. The molecule has 0 radical (unpaired) electrons. The maximum Gasteiger partial charge on any atom is 0.434 e. The van der Waals surface area contributed by atoms with Crippen LogP contribution in [0.1, 0.15) is 21.6 Å². The number of aromatic nitrogens is 2. The Balaban J connectivity index is 2.35. The number of nitrogens with two attached hydrogens (primary N) is 1. The van der Waals surface area contributed by atoms with E-state index in [1.165, 1.54) is 0 Å². The molecule has 0 aliphatic carbocycles. The van der Waals surface area contributed by atoms with Crippen molar-refractivity contribution in [1.29, 1.82) is 0 Å². The lowest BCUT2D eigenvalue weighted by Gasteiger charge is -2.13. The number of nitrogens with zero attached hydrogens (tertiary/aromatic N) is 2. The summed E-state index contributed by atoms with van der Waals surface area (Å²) < 4.78 is 76.4. The fraction of sp³-hybridized carbons (Fsp3) is 0.154. The van der Waals surface area contributed by atoms with Gasteiger partial charge in [-0.1, -0.05) is 6.07 Å². The van der Waals surface area contributed by atoms with Gasteiger partial charge in [0.15, 0.2) is 5.69 Å². The van der Waals surface area contributed by atoms with Gasteiger partial charge in [-0.2, -0.15) is 26.3 Å². The summed E-state index contributed by atoms with van der Waals surface area (Å²) in [5.41, 5.74) is 1.12. The van der Waals surface area contributed by atoms with Gasteiger partial charge in [0.25, 0.3) is 5.91 Å². The largest absolute Gasteiger partial charge is 0.434 e. The highest BCUT2D eigenvalue weighted by atomic mass is 19.4. The summed E-state index contributed by atoms with van der Waals surface area (Å²) in [7, 11) is 0. The molecule has 0 spiro atoms. The highest BCUT2D eigenvalue weighted by molar-refractivity contribution is 6.05. The van der Waals surface area contributed by atoms with Gasteiger partial charge in [0.1, 0.15) is 0 Å². The zero-order valence-electron chi connectivity index (χ0n) is 11.5. The summed E-state index contributed by atoms with van der Waals surface area (Å²) in [6.45, 7) is 0. The van der Waals surface area contributed by atoms with Crippen molar-refractivity contribution in [1.82, 2.24) is 9.97 Å². The van der Waals surface area contributed by atoms with Crippen LogP contribution in [-0.2, 0) is 12.4 Å². The molecule has 1 aromatic carbocycles. The second-order valence-corrected chi connectivity index (χ2v) is 4.52. The number of amides is 1. The van der Waals surface area contributed by atoms with E-state index in [9.17, 15) is 31.1 Å². The molecule has 5 nitrogen and oxygen atoms in total. The summed E-state index contributed by atoms with van der Waals surface area (Å²) in [4.78, 5) is 18.2. The van der Waals surface area contributed by atoms with E-state index in [0.29, 0.717) is 12.3 Å². The second kappa shape index (κ2) is 5.98. The zero-order chi connectivity index (χ0) is 18.1. The van der Waals surface area contributed by atoms with Gasteiger partial charge in [-0.05, 0) is 18.2 Å². The van der Waals surface area contributed by atoms with Crippen LogP contribution in [-0.4, -0.2) is 15.9 Å². The predicted octanol–water partition coefficient (Wildman–Crippen LogP) is 3.35. The minimum Gasteiger partial charge on any atom is -0.368 e. The van der Waals surface area contributed by atoms with Crippen LogP contribution in [0.25, 0.3) is 0 Å². The van der Waals surface area contributed by atoms with Crippen molar-refractivity contribution in [3.05, 3.63) is 47.3 Å². The van der Waals surface area contributed by atoms with E-state index in [1.807, 2.05) is 5.32 Å². The molecule has 1 amide bonds. The number of carbonyl (C=O) groups excluding carboxylic acids is 1. The number of anilines is 2. The minimum atomic E-state index is -4.99. The number of carbonyl (C=O) groups is 1. The standard InChI is InChI=1S/C13H8F6N4O/c14-12(15,16)6-2-1-3-7(4-6)22-10(24)8-5-21-11(20)23-9(8)13(17,18)19/h1-5H,(H,22,24)(H2,20,21,23). The number of alkyl halides is 6. The van der Waals surface area contributed by atoms with E-state index in [-0.39, 0.29) is 5.69 Å². The third-order valence-corrected chi connectivity index (χ3v) is 2.77. The van der Waals surface area contributed by atoms with Crippen LogP contribution >= 0.6 is 0 Å². The Morgan fingerprint density at radius 1 is 1.08 bits per heavy atom. The molecule has 0 unspecified atom stereocenters. The van der Waals surface area contributed by atoms with Gasteiger partial charge in [-0.3, -0.25) is 4.79 Å². The van der Waals surface area contributed by atoms with Crippen molar-refractivity contribution in [2.45, 2.75) is 12.4 Å². The molecule has 0 fully saturated rings. The number of hydrogen-bond donors (Lipinski definition) is 2. The molecule has 0 saturated carbocycles. The Bertz CT molecular complexity index is 772. The van der Waals surface area contributed by atoms with Crippen LogP contribution in [0.4, 0.5) is 38.0 Å². The van der Waals surface area contributed by atoms with Crippen molar-refractivity contribution in [3.63, 3.8) is 0 Å². The number of hydrogen-bond acceptors (Lipinski definition) is 4. The summed E-state index contributed by atoms with van der Waals surface area (Å²) in [5.74, 6) is -2.01. The fourth-order valence-electron chi connectivity index (χ4n) is 1.75. The normalized spacial score (nSPS) is 12.1. The molecule has 0 saturated heterocycles. The molecule has 11 heteroatoms. The molecule has 0 bridgehead atoms. The first-order valence-corrected chi connectivity index (χ1v) is 6.17. The third kappa shape index (κ3) is 3.91. The Hall–Kier alpha value is -2.85. The Labute approximate surface area is 130 Å². The predicted molar refractivity (Wildman–Crippen MR) is 70.8 cm³/mol. The van der Waals surface area contributed by atoms with Crippen LogP contribution in [0.15, 0.2) is 30.5 Å². The highest BCUT2D eigenvalue weighted by Crippen LogP contribution is 2.32. The highest BCUT2D eigenvalue weighted by Gasteiger charge is 2.38. The number of benzene rings is 1. The van der Waals surface area contributed by atoms with E-state index >= 15 is 0 Å². The first-order valence-electron chi connectivity index (χ1n) is 6.17. The number of rotatable bonds is 2. The smallest absolute Gasteiger partial charge is 0.368 e. The number of nitrogen functional groups attached to an aromatic ring is 1. The summed E-state index contributed by atoms with van der Waals surface area (Å²) in [5, 5.41) is 1.94. The fourth-order valence-corrected chi connectivity index (χ4v) is 1.75. The molecule has 1 heterocycles. The van der Waals surface area contributed by atoms with E-state index in [1.54, 1.807) is 0 Å². The van der Waals surface area contributed by atoms with Crippen molar-refractivity contribution >= 4 is 17.5 Å². The van der Waals surface area contributed by atoms with E-state index in [2.05, 4.69) is 9.97 Å². The first kappa shape index (κ1) is 17.5. The van der Waals surface area contributed by atoms with Gasteiger partial charge in [0.05, 0.1) is 11.1 Å². The molecular weight excluding hydrogens is 342 g/mol. The Kier molecular flexibility index (Phi) is 4.36. The molecule has 0 atom stereocenters. The topological polar surface area (TPSA) is 80.9 Å². The lowest BCUT2D eigenvalue weighted by atomic mass is 10.1. The zero-order valence-corrected chi connectivity index (χ0v) is 11.5. The summed E-state index contributed by atoms with van der Waals surface area (Å²) in [6, 6.07) is 3.44. The molecule has 24 heavy (non-hydrogen) atoms. The lowest BCUT2D eigenvalue weighted by Crippen LogP contribution is -2.21. The van der Waals surface area contributed by atoms with Gasteiger partial charge in [-0.15, -0.1) is 0 Å². The van der Waals surface area contributed by atoms with Gasteiger partial charge < -0.3 is 11.1 Å². The van der Waals surface area contributed by atoms with Crippen LogP contribution in [0.3, 0.4) is 0 Å². The van der Waals surface area contributed by atoms with E-state index in [4.69, 9.17) is 5.73 Å². The molecular formula is C13H8F6N4O. The van der Waals surface area contributed by atoms with E-state index < -0.39 is 41.0 Å². The number of halogens is 6. The monoisotopic (exact) mass is 350 g/mol. The molecule has 0 aliphatic heterocycles. The van der Waals surface area contributed by atoms with Crippen molar-refractivity contribution in [2.75, 3.05) is 11.1 Å². The number of nitrogens with one attached hydrogen (secondary N) is 1. The van der Waals surface area contributed by atoms with Crippen LogP contribution < -0.4 is 11.1 Å². The second-order valence-electron chi connectivity index (χ2n) is 4.52. The van der Waals surface area contributed by atoms with Crippen LogP contribution in [0.5, 0.6) is 0 Å². The first-order chi connectivity index (χ1) is 11.0. The molecule has 1 aromatic heterocycles. The molecule has 2 rings (SSSR count). The lowest BCUT2D eigenvalue weighted by molar-refractivity contribution is -0.141. The molecule has 0 aliphatic rings.